The van der Waals surface area contributed by atoms with E-state index in [-0.39, 0.29) is 0 Å². The zero-order valence-corrected chi connectivity index (χ0v) is 19.2. The van der Waals surface area contributed by atoms with Gasteiger partial charge in [0.15, 0.2) is 5.69 Å². The second kappa shape index (κ2) is 10.8. The third kappa shape index (κ3) is 6.48. The van der Waals surface area contributed by atoms with Gasteiger partial charge in [0.1, 0.15) is 5.75 Å². The van der Waals surface area contributed by atoms with Gasteiger partial charge >= 0.3 is 0 Å². The lowest BCUT2D eigenvalue weighted by atomic mass is 9.96. The van der Waals surface area contributed by atoms with Crippen molar-refractivity contribution >= 4 is 19.4 Å². The van der Waals surface area contributed by atoms with E-state index in [1.54, 1.807) is 0 Å². The van der Waals surface area contributed by atoms with Crippen molar-refractivity contribution in [1.29, 1.82) is 0 Å². The standard InChI is InChI=1S/C25H32N2OSi/c1-7-8-9-10-13-20-16-17-22(25(27-3)24(20)26-2)21-14-11-12-15-23(21)28-18-19-29(4,5)6/h11-12,14-17H,7-10,13,18-19H2,1,4-6H3. The van der Waals surface area contributed by atoms with Crippen molar-refractivity contribution in [2.45, 2.75) is 64.7 Å². The largest absolute Gasteiger partial charge is 0.493 e. The van der Waals surface area contributed by atoms with Gasteiger partial charge in [0.25, 0.3) is 0 Å². The molecule has 0 aliphatic rings. The second-order valence-corrected chi connectivity index (χ2v) is 14.3. The third-order valence-electron chi connectivity index (χ3n) is 5.04. The van der Waals surface area contributed by atoms with E-state index >= 15 is 0 Å². The molecule has 0 aliphatic heterocycles. The Balaban J connectivity index is 2.35. The lowest BCUT2D eigenvalue weighted by Crippen LogP contribution is -2.22. The molecule has 2 aromatic rings. The Morgan fingerprint density at radius 3 is 2.24 bits per heavy atom. The van der Waals surface area contributed by atoms with Crippen molar-refractivity contribution in [3.63, 3.8) is 0 Å². The maximum Gasteiger partial charge on any atom is 0.202 e. The number of hydrogen-bond donors (Lipinski definition) is 0. The zero-order valence-electron chi connectivity index (χ0n) is 18.2. The topological polar surface area (TPSA) is 17.9 Å². The first-order chi connectivity index (χ1) is 13.9. The molecule has 0 N–H and O–H groups in total. The lowest BCUT2D eigenvalue weighted by Gasteiger charge is -2.18. The van der Waals surface area contributed by atoms with Crippen molar-refractivity contribution in [3.05, 3.63) is 64.8 Å². The summed E-state index contributed by atoms with van der Waals surface area (Å²) >= 11 is 0. The van der Waals surface area contributed by atoms with E-state index in [0.29, 0.717) is 18.0 Å². The lowest BCUT2D eigenvalue weighted by molar-refractivity contribution is 0.339. The number of ether oxygens (including phenoxy) is 1. The number of rotatable bonds is 10. The molecule has 2 rings (SSSR count). The summed E-state index contributed by atoms with van der Waals surface area (Å²) in [6, 6.07) is 13.0. The van der Waals surface area contributed by atoms with Gasteiger partial charge in [-0.3, -0.25) is 0 Å². The first-order valence-corrected chi connectivity index (χ1v) is 14.2. The Labute approximate surface area is 177 Å². The first kappa shape index (κ1) is 22.7. The minimum atomic E-state index is -1.18. The van der Waals surface area contributed by atoms with Crippen LogP contribution in [0.2, 0.25) is 25.7 Å². The van der Waals surface area contributed by atoms with E-state index in [0.717, 1.165) is 47.7 Å². The van der Waals surface area contributed by atoms with Crippen molar-refractivity contribution in [3.8, 4) is 16.9 Å². The monoisotopic (exact) mass is 404 g/mol. The second-order valence-electron chi connectivity index (χ2n) is 8.66. The highest BCUT2D eigenvalue weighted by Gasteiger charge is 2.18. The van der Waals surface area contributed by atoms with Crippen molar-refractivity contribution in [2.24, 2.45) is 0 Å². The molecule has 0 aliphatic carbocycles. The number of para-hydroxylation sites is 1. The number of unbranched alkanes of at least 4 members (excludes halogenated alkanes) is 3. The molecule has 0 heterocycles. The van der Waals surface area contributed by atoms with Crippen LogP contribution in [0.15, 0.2) is 36.4 Å². The molecule has 0 radical (unpaired) electrons. The molecule has 0 bridgehead atoms. The van der Waals surface area contributed by atoms with Gasteiger partial charge in [-0.15, -0.1) is 0 Å². The van der Waals surface area contributed by atoms with Gasteiger partial charge in [0.2, 0.25) is 5.69 Å². The fourth-order valence-electron chi connectivity index (χ4n) is 3.30. The highest BCUT2D eigenvalue weighted by Crippen LogP contribution is 2.44. The molecule has 0 aromatic heterocycles. The van der Waals surface area contributed by atoms with Crippen LogP contribution in [-0.4, -0.2) is 14.7 Å². The smallest absolute Gasteiger partial charge is 0.202 e. The van der Waals surface area contributed by atoms with Crippen LogP contribution in [0.1, 0.15) is 38.2 Å². The summed E-state index contributed by atoms with van der Waals surface area (Å²) < 4.78 is 6.12. The van der Waals surface area contributed by atoms with E-state index in [1.165, 1.54) is 12.8 Å². The molecule has 0 saturated heterocycles. The highest BCUT2D eigenvalue weighted by molar-refractivity contribution is 6.76. The predicted molar refractivity (Wildman–Crippen MR) is 126 cm³/mol. The molecule has 4 heteroatoms. The fraction of sp³-hybridized carbons (Fsp3) is 0.440. The molecule has 0 fully saturated rings. The maximum atomic E-state index is 7.75. The number of aryl methyl sites for hydroxylation is 1. The quantitative estimate of drug-likeness (QED) is 0.221. The highest BCUT2D eigenvalue weighted by atomic mass is 28.3. The molecule has 0 amide bonds. The summed E-state index contributed by atoms with van der Waals surface area (Å²) in [6.45, 7) is 25.3. The van der Waals surface area contributed by atoms with E-state index in [2.05, 4.69) is 36.3 Å². The van der Waals surface area contributed by atoms with Crippen LogP contribution in [0, 0.1) is 13.1 Å². The van der Waals surface area contributed by atoms with Crippen LogP contribution in [0.3, 0.4) is 0 Å². The van der Waals surface area contributed by atoms with Crippen LogP contribution in [-0.2, 0) is 6.42 Å². The first-order valence-electron chi connectivity index (χ1n) is 10.5. The minimum absolute atomic E-state index is 0.453. The van der Waals surface area contributed by atoms with Gasteiger partial charge in [-0.25, -0.2) is 9.69 Å². The molecule has 152 valence electrons. The van der Waals surface area contributed by atoms with E-state index in [1.807, 2.05) is 36.4 Å². The van der Waals surface area contributed by atoms with Gasteiger partial charge in [0.05, 0.1) is 19.8 Å². The number of hydrogen-bond acceptors (Lipinski definition) is 1. The Hall–Kier alpha value is -2.56. The van der Waals surface area contributed by atoms with Gasteiger partial charge in [-0.2, -0.15) is 0 Å². The average molecular weight is 405 g/mol. The average Bonchev–Trinajstić information content (AvgIpc) is 2.70. The summed E-state index contributed by atoms with van der Waals surface area (Å²) in [5, 5.41) is 0. The third-order valence-corrected chi connectivity index (χ3v) is 6.75. The summed E-state index contributed by atoms with van der Waals surface area (Å²) in [4.78, 5) is 7.52. The van der Waals surface area contributed by atoms with Gasteiger partial charge < -0.3 is 4.74 Å². The van der Waals surface area contributed by atoms with Gasteiger partial charge in [-0.1, -0.05) is 88.1 Å². The van der Waals surface area contributed by atoms with Gasteiger partial charge in [-0.05, 0) is 24.1 Å². The molecule has 0 saturated carbocycles. The van der Waals surface area contributed by atoms with Gasteiger partial charge in [0, 0.05) is 13.6 Å². The summed E-state index contributed by atoms with van der Waals surface area (Å²) in [5.74, 6) is 0.794. The van der Waals surface area contributed by atoms with Crippen LogP contribution < -0.4 is 4.74 Å². The number of nitrogens with zero attached hydrogens (tertiary/aromatic N) is 2. The normalized spacial score (nSPS) is 11.0. The van der Waals surface area contributed by atoms with Crippen LogP contribution in [0.4, 0.5) is 11.4 Å². The van der Waals surface area contributed by atoms with E-state index in [4.69, 9.17) is 17.9 Å². The SMILES string of the molecule is [C-]#[N+]c1c(CCCCCC)ccc(-c2ccccc2OCC[Si](C)(C)C)c1[N+]#[C-]. The molecular weight excluding hydrogens is 372 g/mol. The predicted octanol–water partition coefficient (Wildman–Crippen LogP) is 8.29. The summed E-state index contributed by atoms with van der Waals surface area (Å²) in [6.07, 6.45) is 5.48. The summed E-state index contributed by atoms with van der Waals surface area (Å²) in [5.41, 5.74) is 3.64. The Kier molecular flexibility index (Phi) is 8.49. The van der Waals surface area contributed by atoms with Crippen molar-refractivity contribution in [1.82, 2.24) is 0 Å². The molecular formula is C25H32N2OSi. The molecule has 2 aromatic carbocycles. The minimum Gasteiger partial charge on any atom is -0.493 e. The Morgan fingerprint density at radius 1 is 0.862 bits per heavy atom. The fourth-order valence-corrected chi connectivity index (χ4v) is 4.02. The number of benzene rings is 2. The van der Waals surface area contributed by atoms with E-state index < -0.39 is 8.07 Å². The Morgan fingerprint density at radius 2 is 1.59 bits per heavy atom. The van der Waals surface area contributed by atoms with Crippen LogP contribution in [0.25, 0.3) is 20.8 Å². The maximum absolute atomic E-state index is 7.75. The Bertz CT molecular complexity index is 901. The van der Waals surface area contributed by atoms with Crippen molar-refractivity contribution in [2.75, 3.05) is 6.61 Å². The molecule has 0 unspecified atom stereocenters. The molecule has 3 nitrogen and oxygen atoms in total. The van der Waals surface area contributed by atoms with Crippen LogP contribution >= 0.6 is 0 Å². The zero-order chi connectivity index (χ0) is 21.3. The molecule has 0 spiro atoms. The summed E-state index contributed by atoms with van der Waals surface area (Å²) in [7, 11) is -1.18. The van der Waals surface area contributed by atoms with Crippen molar-refractivity contribution < 1.29 is 4.74 Å². The molecule has 29 heavy (non-hydrogen) atoms. The molecule has 0 atom stereocenters. The van der Waals surface area contributed by atoms with E-state index in [9.17, 15) is 0 Å². The van der Waals surface area contributed by atoms with Crippen LogP contribution in [0.5, 0.6) is 5.75 Å².